The molecule has 2 aromatic rings. The number of carbonyl (C=O) groups is 1. The number of thiophene rings is 1. The van der Waals surface area contributed by atoms with Crippen LogP contribution in [0.5, 0.6) is 0 Å². The summed E-state index contributed by atoms with van der Waals surface area (Å²) in [6.07, 6.45) is 4.05. The zero-order valence-corrected chi connectivity index (χ0v) is 15.5. The fraction of sp³-hybridized carbons (Fsp3) is 0.533. The molecular weight excluding hydrogens is 364 g/mol. The molecule has 136 valence electrons. The van der Waals surface area contributed by atoms with Gasteiger partial charge in [0.05, 0.1) is 18.0 Å². The molecule has 0 unspecified atom stereocenters. The predicted molar refractivity (Wildman–Crippen MR) is 96.1 cm³/mol. The van der Waals surface area contributed by atoms with Crippen molar-refractivity contribution in [2.75, 3.05) is 19.3 Å². The molecular formula is C15H20N4O4S2. The zero-order valence-electron chi connectivity index (χ0n) is 13.8. The highest BCUT2D eigenvalue weighted by Crippen LogP contribution is 2.14. The summed E-state index contributed by atoms with van der Waals surface area (Å²) < 4.78 is 25.8. The standard InChI is InChI=1S/C15H20N4O4S2/c1-25(22,23)19-7-2-11(3-8-19)17-13(20)4-6-18-10-16-14-12(15(18)21)5-9-24-14/h5,9-11H,2-4,6-8H2,1H3,(H,17,20). The average molecular weight is 384 g/mol. The van der Waals surface area contributed by atoms with Crippen molar-refractivity contribution < 1.29 is 13.2 Å². The SMILES string of the molecule is CS(=O)(=O)N1CCC(NC(=O)CCn2cnc3sccc3c2=O)CC1. The second-order valence-corrected chi connectivity index (χ2v) is 9.01. The number of piperidine rings is 1. The van der Waals surface area contributed by atoms with Crippen LogP contribution in [0, 0.1) is 0 Å². The van der Waals surface area contributed by atoms with Gasteiger partial charge in [0.15, 0.2) is 0 Å². The lowest BCUT2D eigenvalue weighted by atomic mass is 10.1. The van der Waals surface area contributed by atoms with E-state index in [1.165, 1.54) is 32.8 Å². The Morgan fingerprint density at radius 3 is 2.80 bits per heavy atom. The number of carbonyl (C=O) groups excluding carboxylic acids is 1. The molecule has 1 aliphatic rings. The first-order chi connectivity index (χ1) is 11.8. The van der Waals surface area contributed by atoms with Gasteiger partial charge in [-0.25, -0.2) is 17.7 Å². The molecule has 0 aliphatic carbocycles. The number of nitrogens with one attached hydrogen (secondary N) is 1. The Balaban J connectivity index is 1.51. The van der Waals surface area contributed by atoms with Gasteiger partial charge in [-0.05, 0) is 24.3 Å². The van der Waals surface area contributed by atoms with E-state index < -0.39 is 10.0 Å². The van der Waals surface area contributed by atoms with E-state index in [1.54, 1.807) is 6.07 Å². The minimum absolute atomic E-state index is 0.0281. The van der Waals surface area contributed by atoms with Crippen molar-refractivity contribution in [1.29, 1.82) is 0 Å². The number of sulfonamides is 1. The molecule has 8 nitrogen and oxygen atoms in total. The van der Waals surface area contributed by atoms with E-state index in [0.29, 0.717) is 36.1 Å². The highest BCUT2D eigenvalue weighted by atomic mass is 32.2. The maximum absolute atomic E-state index is 12.3. The van der Waals surface area contributed by atoms with Gasteiger partial charge in [-0.15, -0.1) is 11.3 Å². The first-order valence-corrected chi connectivity index (χ1v) is 10.7. The largest absolute Gasteiger partial charge is 0.353 e. The second-order valence-electron chi connectivity index (χ2n) is 6.14. The van der Waals surface area contributed by atoms with E-state index in [9.17, 15) is 18.0 Å². The van der Waals surface area contributed by atoms with Gasteiger partial charge in [0.2, 0.25) is 15.9 Å². The first kappa shape index (κ1) is 18.0. The zero-order chi connectivity index (χ0) is 18.0. The third-order valence-electron chi connectivity index (χ3n) is 4.32. The molecule has 0 radical (unpaired) electrons. The number of fused-ring (bicyclic) bond motifs is 1. The van der Waals surface area contributed by atoms with Gasteiger partial charge >= 0.3 is 0 Å². The molecule has 0 bridgehead atoms. The Morgan fingerprint density at radius 1 is 1.40 bits per heavy atom. The van der Waals surface area contributed by atoms with Crippen molar-refractivity contribution >= 4 is 37.5 Å². The van der Waals surface area contributed by atoms with Crippen LogP contribution >= 0.6 is 11.3 Å². The van der Waals surface area contributed by atoms with Crippen molar-refractivity contribution in [2.45, 2.75) is 31.8 Å². The van der Waals surface area contributed by atoms with Crippen LogP contribution in [-0.4, -0.2) is 53.6 Å². The second kappa shape index (κ2) is 7.22. The van der Waals surface area contributed by atoms with Gasteiger partial charge < -0.3 is 5.32 Å². The third-order valence-corrected chi connectivity index (χ3v) is 6.44. The van der Waals surface area contributed by atoms with Crippen LogP contribution in [0.3, 0.4) is 0 Å². The molecule has 1 aliphatic heterocycles. The van der Waals surface area contributed by atoms with Gasteiger partial charge in [-0.2, -0.15) is 0 Å². The van der Waals surface area contributed by atoms with E-state index in [4.69, 9.17) is 0 Å². The summed E-state index contributed by atoms with van der Waals surface area (Å²) in [5, 5.41) is 5.31. The number of hydrogen-bond donors (Lipinski definition) is 1. The van der Waals surface area contributed by atoms with E-state index in [0.717, 1.165) is 0 Å². The lowest BCUT2D eigenvalue weighted by Crippen LogP contribution is -2.46. The number of rotatable bonds is 5. The van der Waals surface area contributed by atoms with Gasteiger partial charge in [0.25, 0.3) is 5.56 Å². The summed E-state index contributed by atoms with van der Waals surface area (Å²) in [6.45, 7) is 1.11. The molecule has 0 aromatic carbocycles. The van der Waals surface area contributed by atoms with Gasteiger partial charge in [0, 0.05) is 32.1 Å². The van der Waals surface area contributed by atoms with Crippen molar-refractivity contribution in [1.82, 2.24) is 19.2 Å². The van der Waals surface area contributed by atoms with Crippen LogP contribution in [-0.2, 0) is 21.4 Å². The fourth-order valence-corrected chi connectivity index (χ4v) is 4.50. The molecule has 3 heterocycles. The Bertz CT molecular complexity index is 926. The summed E-state index contributed by atoms with van der Waals surface area (Å²) >= 11 is 1.41. The molecule has 1 fully saturated rings. The average Bonchev–Trinajstić information content (AvgIpc) is 3.03. The molecule has 25 heavy (non-hydrogen) atoms. The van der Waals surface area contributed by atoms with E-state index in [2.05, 4.69) is 10.3 Å². The van der Waals surface area contributed by atoms with E-state index in [1.807, 2.05) is 5.38 Å². The third kappa shape index (κ3) is 4.25. The molecule has 1 amide bonds. The van der Waals surface area contributed by atoms with Gasteiger partial charge in [-0.3, -0.25) is 14.2 Å². The number of aryl methyl sites for hydroxylation is 1. The normalized spacial score (nSPS) is 17.0. The molecule has 1 N–H and O–H groups in total. The maximum Gasteiger partial charge on any atom is 0.262 e. The lowest BCUT2D eigenvalue weighted by Gasteiger charge is -2.30. The first-order valence-electron chi connectivity index (χ1n) is 8.02. The number of nitrogens with zero attached hydrogens (tertiary/aromatic N) is 3. The van der Waals surface area contributed by atoms with Crippen LogP contribution in [0.25, 0.3) is 10.2 Å². The van der Waals surface area contributed by atoms with E-state index >= 15 is 0 Å². The molecule has 10 heteroatoms. The highest BCUT2D eigenvalue weighted by Gasteiger charge is 2.25. The van der Waals surface area contributed by atoms with Crippen molar-refractivity contribution in [3.05, 3.63) is 28.1 Å². The number of aromatic nitrogens is 2. The fourth-order valence-electron chi connectivity index (χ4n) is 2.91. The minimum Gasteiger partial charge on any atom is -0.353 e. The Labute approximate surface area is 149 Å². The Morgan fingerprint density at radius 2 is 2.12 bits per heavy atom. The molecule has 0 spiro atoms. The quantitative estimate of drug-likeness (QED) is 0.803. The minimum atomic E-state index is -3.17. The van der Waals surface area contributed by atoms with Gasteiger partial charge in [-0.1, -0.05) is 0 Å². The van der Waals surface area contributed by atoms with Crippen molar-refractivity contribution in [3.8, 4) is 0 Å². The summed E-state index contributed by atoms with van der Waals surface area (Å²) in [7, 11) is -3.17. The van der Waals surface area contributed by atoms with Crippen molar-refractivity contribution in [3.63, 3.8) is 0 Å². The van der Waals surface area contributed by atoms with Crippen LogP contribution < -0.4 is 10.9 Å². The number of hydrogen-bond acceptors (Lipinski definition) is 6. The molecule has 3 rings (SSSR count). The summed E-state index contributed by atoms with van der Waals surface area (Å²) in [4.78, 5) is 29.3. The topological polar surface area (TPSA) is 101 Å². The number of amides is 1. The van der Waals surface area contributed by atoms with Gasteiger partial charge in [0.1, 0.15) is 4.83 Å². The predicted octanol–water partition coefficient (Wildman–Crippen LogP) is 0.388. The lowest BCUT2D eigenvalue weighted by molar-refractivity contribution is -0.122. The molecule has 0 atom stereocenters. The molecule has 0 saturated carbocycles. The molecule has 1 saturated heterocycles. The van der Waals surface area contributed by atoms with Crippen molar-refractivity contribution in [2.24, 2.45) is 0 Å². The molecule has 2 aromatic heterocycles. The van der Waals surface area contributed by atoms with Crippen LogP contribution in [0.2, 0.25) is 0 Å². The maximum atomic E-state index is 12.3. The summed E-state index contributed by atoms with van der Waals surface area (Å²) in [6, 6.07) is 1.71. The smallest absolute Gasteiger partial charge is 0.262 e. The van der Waals surface area contributed by atoms with Crippen LogP contribution in [0.1, 0.15) is 19.3 Å². The summed E-state index contributed by atoms with van der Waals surface area (Å²) in [5.74, 6) is -0.143. The Kier molecular flexibility index (Phi) is 5.21. The van der Waals surface area contributed by atoms with Crippen LogP contribution in [0.15, 0.2) is 22.6 Å². The summed E-state index contributed by atoms with van der Waals surface area (Å²) in [5.41, 5.74) is -0.138. The van der Waals surface area contributed by atoms with Crippen LogP contribution in [0.4, 0.5) is 0 Å². The Hall–Kier alpha value is -1.78. The van der Waals surface area contributed by atoms with E-state index in [-0.39, 0.29) is 30.5 Å². The highest BCUT2D eigenvalue weighted by molar-refractivity contribution is 7.88. The monoisotopic (exact) mass is 384 g/mol.